The van der Waals surface area contributed by atoms with Crippen molar-refractivity contribution < 1.29 is 22.7 Å². The molecule has 0 bridgehead atoms. The third kappa shape index (κ3) is 2.32. The molecule has 0 unspecified atom stereocenters. The number of halogens is 3. The maximum absolute atomic E-state index is 13.4. The summed E-state index contributed by atoms with van der Waals surface area (Å²) in [4.78, 5) is 14.8. The number of pyridine rings is 1. The number of carbonyl (C=O) groups is 1. The van der Waals surface area contributed by atoms with Crippen LogP contribution in [-0.2, 0) is 4.74 Å². The van der Waals surface area contributed by atoms with Gasteiger partial charge in [-0.25, -0.2) is 18.0 Å². The fourth-order valence-corrected chi connectivity index (χ4v) is 1.19. The predicted octanol–water partition coefficient (Wildman–Crippen LogP) is 2.64. The Morgan fingerprint density at radius 3 is 2.69 bits per heavy atom. The largest absolute Gasteiger partial charge is 0.462 e. The molecule has 0 amide bonds. The zero-order chi connectivity index (χ0) is 12.3. The number of aryl methyl sites for hydroxylation is 1. The van der Waals surface area contributed by atoms with Gasteiger partial charge in [-0.3, -0.25) is 4.98 Å². The number of aromatic nitrogens is 1. The molecule has 0 spiro atoms. The molecule has 0 radical (unpaired) electrons. The van der Waals surface area contributed by atoms with E-state index in [1.165, 1.54) is 13.8 Å². The normalized spacial score (nSPS) is 10.6. The molecule has 0 saturated carbocycles. The van der Waals surface area contributed by atoms with Crippen LogP contribution < -0.4 is 0 Å². The van der Waals surface area contributed by atoms with Crippen LogP contribution in [0.4, 0.5) is 13.2 Å². The highest BCUT2D eigenvalue weighted by Crippen LogP contribution is 2.27. The molecule has 1 heterocycles. The number of carbonyl (C=O) groups excluding carboxylic acids is 1. The van der Waals surface area contributed by atoms with Crippen LogP contribution in [0, 0.1) is 12.7 Å². The summed E-state index contributed by atoms with van der Waals surface area (Å²) in [5, 5.41) is 0. The molecule has 88 valence electrons. The lowest BCUT2D eigenvalue weighted by Crippen LogP contribution is -2.12. The minimum Gasteiger partial charge on any atom is -0.462 e. The molecule has 1 aromatic heterocycles. The third-order valence-electron chi connectivity index (χ3n) is 1.95. The number of hydrogen-bond donors (Lipinski definition) is 0. The lowest BCUT2D eigenvalue weighted by atomic mass is 10.1. The van der Waals surface area contributed by atoms with Crippen molar-refractivity contribution in [3.8, 4) is 0 Å². The maximum atomic E-state index is 13.4. The molecule has 0 aliphatic carbocycles. The van der Waals surface area contributed by atoms with Gasteiger partial charge < -0.3 is 4.74 Å². The van der Waals surface area contributed by atoms with Crippen molar-refractivity contribution in [2.45, 2.75) is 20.3 Å². The first-order valence-electron chi connectivity index (χ1n) is 4.59. The number of ether oxygens (including phenoxy) is 1. The lowest BCUT2D eigenvalue weighted by molar-refractivity contribution is 0.0512. The van der Waals surface area contributed by atoms with E-state index in [1.807, 2.05) is 0 Å². The Morgan fingerprint density at radius 2 is 2.19 bits per heavy atom. The van der Waals surface area contributed by atoms with Crippen LogP contribution in [0.5, 0.6) is 0 Å². The van der Waals surface area contributed by atoms with E-state index < -0.39 is 29.3 Å². The van der Waals surface area contributed by atoms with E-state index in [1.54, 1.807) is 0 Å². The van der Waals surface area contributed by atoms with Gasteiger partial charge in [0.25, 0.3) is 6.43 Å². The van der Waals surface area contributed by atoms with Crippen LogP contribution >= 0.6 is 0 Å². The lowest BCUT2D eigenvalue weighted by Gasteiger charge is -2.09. The van der Waals surface area contributed by atoms with Crippen molar-refractivity contribution in [3.63, 3.8) is 0 Å². The molecule has 0 atom stereocenters. The first-order valence-corrected chi connectivity index (χ1v) is 4.59. The highest BCUT2D eigenvalue weighted by atomic mass is 19.3. The van der Waals surface area contributed by atoms with E-state index in [4.69, 9.17) is 0 Å². The summed E-state index contributed by atoms with van der Waals surface area (Å²) in [5.74, 6) is -2.16. The average molecular weight is 233 g/mol. The molecule has 6 heteroatoms. The van der Waals surface area contributed by atoms with E-state index in [0.29, 0.717) is 0 Å². The molecule has 0 N–H and O–H groups in total. The molecule has 0 aliphatic heterocycles. The third-order valence-corrected chi connectivity index (χ3v) is 1.95. The predicted molar refractivity (Wildman–Crippen MR) is 49.8 cm³/mol. The van der Waals surface area contributed by atoms with Crippen LogP contribution in [0.3, 0.4) is 0 Å². The molecule has 1 rings (SSSR count). The van der Waals surface area contributed by atoms with Gasteiger partial charge in [0.1, 0.15) is 0 Å². The Bertz CT molecular complexity index is 407. The number of rotatable bonds is 3. The standard InChI is InChI=1S/C10H10F3NO2/c1-3-16-10(15)6-4-14-5(2)8(11)7(6)9(12)13/h4,9H,3H2,1-2H3. The molecular weight excluding hydrogens is 223 g/mol. The smallest absolute Gasteiger partial charge is 0.340 e. The quantitative estimate of drug-likeness (QED) is 0.753. The van der Waals surface area contributed by atoms with Crippen molar-refractivity contribution in [3.05, 3.63) is 28.8 Å². The molecule has 16 heavy (non-hydrogen) atoms. The average Bonchev–Trinajstić information content (AvgIpc) is 2.21. The monoisotopic (exact) mass is 233 g/mol. The van der Waals surface area contributed by atoms with E-state index in [-0.39, 0.29) is 12.3 Å². The fraction of sp³-hybridized carbons (Fsp3) is 0.400. The summed E-state index contributed by atoms with van der Waals surface area (Å²) >= 11 is 0. The van der Waals surface area contributed by atoms with Gasteiger partial charge in [0.2, 0.25) is 0 Å². The Balaban J connectivity index is 3.28. The zero-order valence-electron chi connectivity index (χ0n) is 8.76. The second-order valence-electron chi connectivity index (χ2n) is 3.01. The van der Waals surface area contributed by atoms with E-state index >= 15 is 0 Å². The second-order valence-corrected chi connectivity index (χ2v) is 3.01. The van der Waals surface area contributed by atoms with Gasteiger partial charge in [-0.05, 0) is 13.8 Å². The summed E-state index contributed by atoms with van der Waals surface area (Å²) < 4.78 is 43.1. The van der Waals surface area contributed by atoms with Crippen molar-refractivity contribution in [2.75, 3.05) is 6.61 Å². The number of hydrogen-bond acceptors (Lipinski definition) is 3. The minimum atomic E-state index is -3.08. The fourth-order valence-electron chi connectivity index (χ4n) is 1.19. The Kier molecular flexibility index (Phi) is 3.87. The molecule has 3 nitrogen and oxygen atoms in total. The summed E-state index contributed by atoms with van der Waals surface area (Å²) in [5.41, 5.74) is -1.66. The van der Waals surface area contributed by atoms with E-state index in [2.05, 4.69) is 9.72 Å². The van der Waals surface area contributed by atoms with E-state index in [0.717, 1.165) is 6.20 Å². The summed E-state index contributed by atoms with van der Waals surface area (Å²) in [6.07, 6.45) is -2.18. The molecular formula is C10H10F3NO2. The highest BCUT2D eigenvalue weighted by molar-refractivity contribution is 5.91. The first-order chi connectivity index (χ1) is 7.49. The van der Waals surface area contributed by atoms with Crippen LogP contribution in [0.2, 0.25) is 0 Å². The van der Waals surface area contributed by atoms with Gasteiger partial charge in [0.05, 0.1) is 23.4 Å². The van der Waals surface area contributed by atoms with Gasteiger partial charge in [0.15, 0.2) is 5.82 Å². The Labute approximate surface area is 90.2 Å². The Morgan fingerprint density at radius 1 is 1.56 bits per heavy atom. The molecule has 0 fully saturated rings. The molecule has 0 saturated heterocycles. The first kappa shape index (κ1) is 12.5. The van der Waals surface area contributed by atoms with Crippen LogP contribution in [-0.4, -0.2) is 17.6 Å². The highest BCUT2D eigenvalue weighted by Gasteiger charge is 2.25. The zero-order valence-corrected chi connectivity index (χ0v) is 8.76. The van der Waals surface area contributed by atoms with Crippen molar-refractivity contribution in [1.29, 1.82) is 0 Å². The van der Waals surface area contributed by atoms with Gasteiger partial charge in [-0.1, -0.05) is 0 Å². The van der Waals surface area contributed by atoms with Gasteiger partial charge in [0, 0.05) is 6.20 Å². The summed E-state index contributed by atoms with van der Waals surface area (Å²) in [7, 11) is 0. The topological polar surface area (TPSA) is 39.2 Å². The van der Waals surface area contributed by atoms with Crippen LogP contribution in [0.15, 0.2) is 6.20 Å². The SMILES string of the molecule is CCOC(=O)c1cnc(C)c(F)c1C(F)F. The van der Waals surface area contributed by atoms with Gasteiger partial charge in [-0.15, -0.1) is 0 Å². The second kappa shape index (κ2) is 4.96. The maximum Gasteiger partial charge on any atom is 0.340 e. The van der Waals surface area contributed by atoms with Crippen molar-refractivity contribution in [2.24, 2.45) is 0 Å². The molecule has 0 aromatic carbocycles. The molecule has 1 aromatic rings. The number of alkyl halides is 2. The van der Waals surface area contributed by atoms with Crippen LogP contribution in [0.1, 0.15) is 35.0 Å². The van der Waals surface area contributed by atoms with Gasteiger partial charge >= 0.3 is 5.97 Å². The van der Waals surface area contributed by atoms with Crippen molar-refractivity contribution >= 4 is 5.97 Å². The van der Waals surface area contributed by atoms with E-state index in [9.17, 15) is 18.0 Å². The number of esters is 1. The summed E-state index contributed by atoms with van der Waals surface area (Å²) in [6.45, 7) is 2.80. The van der Waals surface area contributed by atoms with Gasteiger partial charge in [-0.2, -0.15) is 0 Å². The Hall–Kier alpha value is -1.59. The van der Waals surface area contributed by atoms with Crippen LogP contribution in [0.25, 0.3) is 0 Å². The molecule has 0 aliphatic rings. The number of nitrogens with zero attached hydrogens (tertiary/aromatic N) is 1. The minimum absolute atomic E-state index is 0.0248. The van der Waals surface area contributed by atoms with Crippen molar-refractivity contribution in [1.82, 2.24) is 4.98 Å². The summed E-state index contributed by atoms with van der Waals surface area (Å²) in [6, 6.07) is 0.